The van der Waals surface area contributed by atoms with E-state index in [1.165, 1.54) is 12.8 Å². The van der Waals surface area contributed by atoms with Gasteiger partial charge < -0.3 is 21.1 Å². The normalized spacial score (nSPS) is 19.5. The molecule has 1 heterocycles. The van der Waals surface area contributed by atoms with E-state index in [0.29, 0.717) is 29.6 Å². The largest absolute Gasteiger partial charge is 0.491 e. The van der Waals surface area contributed by atoms with Crippen LogP contribution in [-0.2, 0) is 0 Å². The summed E-state index contributed by atoms with van der Waals surface area (Å²) >= 11 is 0. The second-order valence-corrected chi connectivity index (χ2v) is 5.03. The van der Waals surface area contributed by atoms with Crippen molar-refractivity contribution in [3.05, 3.63) is 23.8 Å². The Morgan fingerprint density at radius 1 is 1.53 bits per heavy atom. The predicted octanol–water partition coefficient (Wildman–Crippen LogP) is 1.23. The van der Waals surface area contributed by atoms with Crippen LogP contribution in [0.1, 0.15) is 29.6 Å². The van der Waals surface area contributed by atoms with Gasteiger partial charge in [-0.25, -0.2) is 0 Å². The van der Waals surface area contributed by atoms with E-state index in [0.717, 1.165) is 13.0 Å². The van der Waals surface area contributed by atoms with Crippen LogP contribution in [0.15, 0.2) is 18.2 Å². The van der Waals surface area contributed by atoms with Crippen molar-refractivity contribution < 1.29 is 9.53 Å². The Balaban J connectivity index is 1.91. The lowest BCUT2D eigenvalue weighted by Gasteiger charge is -2.19. The number of likely N-dealkylation sites (tertiary alicyclic amines) is 1. The molecule has 1 saturated heterocycles. The third-order valence-corrected chi connectivity index (χ3v) is 3.68. The molecule has 5 heteroatoms. The number of nitrogens with zero attached hydrogens (tertiary/aromatic N) is 1. The highest BCUT2D eigenvalue weighted by Gasteiger charge is 2.20. The first-order chi connectivity index (χ1) is 9.08. The lowest BCUT2D eigenvalue weighted by Crippen LogP contribution is -2.26. The van der Waals surface area contributed by atoms with E-state index in [4.69, 9.17) is 16.2 Å². The fourth-order valence-electron chi connectivity index (χ4n) is 2.46. The van der Waals surface area contributed by atoms with Crippen LogP contribution >= 0.6 is 0 Å². The van der Waals surface area contributed by atoms with Gasteiger partial charge in [0.25, 0.3) is 0 Å². The second-order valence-electron chi connectivity index (χ2n) is 5.03. The van der Waals surface area contributed by atoms with Gasteiger partial charge >= 0.3 is 0 Å². The van der Waals surface area contributed by atoms with Crippen molar-refractivity contribution in [1.29, 1.82) is 0 Å². The Kier molecular flexibility index (Phi) is 4.27. The molecule has 104 valence electrons. The maximum absolute atomic E-state index is 11.1. The van der Waals surface area contributed by atoms with Gasteiger partial charge in [-0.05, 0) is 51.1 Å². The van der Waals surface area contributed by atoms with E-state index in [1.54, 1.807) is 18.2 Å². The summed E-state index contributed by atoms with van der Waals surface area (Å²) in [6.45, 7) is 1.76. The van der Waals surface area contributed by atoms with Gasteiger partial charge in [-0.2, -0.15) is 0 Å². The van der Waals surface area contributed by atoms with E-state index in [9.17, 15) is 4.79 Å². The summed E-state index contributed by atoms with van der Waals surface area (Å²) in [6.07, 6.45) is 3.44. The lowest BCUT2D eigenvalue weighted by molar-refractivity contribution is 0.1000. The summed E-state index contributed by atoms with van der Waals surface area (Å²) in [5, 5.41) is 0. The quantitative estimate of drug-likeness (QED) is 0.783. The molecule has 1 unspecified atom stereocenters. The van der Waals surface area contributed by atoms with E-state index in [1.807, 2.05) is 0 Å². The number of ether oxygens (including phenoxy) is 1. The van der Waals surface area contributed by atoms with Gasteiger partial charge in [0.2, 0.25) is 5.91 Å². The number of amides is 1. The minimum absolute atomic E-state index is 0.419. The SMILES string of the molecule is CN1CCCC1CCOc1cc(C(N)=O)ccc1N. The first kappa shape index (κ1) is 13.7. The Bertz CT molecular complexity index is 462. The molecule has 5 nitrogen and oxygen atoms in total. The van der Waals surface area contributed by atoms with Crippen LogP contribution in [0.5, 0.6) is 5.75 Å². The third-order valence-electron chi connectivity index (χ3n) is 3.68. The average Bonchev–Trinajstić information content (AvgIpc) is 2.77. The van der Waals surface area contributed by atoms with Gasteiger partial charge in [-0.3, -0.25) is 4.79 Å². The predicted molar refractivity (Wildman–Crippen MR) is 75.1 cm³/mol. The molecule has 4 N–H and O–H groups in total. The van der Waals surface area contributed by atoms with E-state index in [2.05, 4.69) is 11.9 Å². The van der Waals surface area contributed by atoms with Crippen LogP contribution < -0.4 is 16.2 Å². The van der Waals surface area contributed by atoms with Crippen LogP contribution in [0, 0.1) is 0 Å². The summed E-state index contributed by atoms with van der Waals surface area (Å²) in [4.78, 5) is 13.5. The number of hydrogen-bond acceptors (Lipinski definition) is 4. The molecule has 2 rings (SSSR count). The van der Waals surface area contributed by atoms with Crippen molar-refractivity contribution in [3.8, 4) is 5.75 Å². The van der Waals surface area contributed by atoms with Crippen molar-refractivity contribution in [2.45, 2.75) is 25.3 Å². The van der Waals surface area contributed by atoms with Crippen LogP contribution in [-0.4, -0.2) is 37.0 Å². The number of carbonyl (C=O) groups excluding carboxylic acids is 1. The molecule has 0 aliphatic carbocycles. The number of benzene rings is 1. The van der Waals surface area contributed by atoms with Gasteiger partial charge in [0.15, 0.2) is 0 Å². The number of hydrogen-bond donors (Lipinski definition) is 2. The maximum atomic E-state index is 11.1. The van der Waals surface area contributed by atoms with Gasteiger partial charge in [0.1, 0.15) is 5.75 Å². The molecule has 0 radical (unpaired) electrons. The van der Waals surface area contributed by atoms with E-state index in [-0.39, 0.29) is 0 Å². The minimum Gasteiger partial charge on any atom is -0.491 e. The third kappa shape index (κ3) is 3.38. The number of nitrogens with two attached hydrogens (primary N) is 2. The summed E-state index contributed by atoms with van der Waals surface area (Å²) in [6, 6.07) is 5.45. The summed E-state index contributed by atoms with van der Waals surface area (Å²) < 4.78 is 5.68. The molecule has 0 aromatic heterocycles. The number of carbonyl (C=O) groups is 1. The lowest BCUT2D eigenvalue weighted by atomic mass is 10.1. The Morgan fingerprint density at radius 2 is 2.32 bits per heavy atom. The fourth-order valence-corrected chi connectivity index (χ4v) is 2.46. The zero-order chi connectivity index (χ0) is 13.8. The highest BCUT2D eigenvalue weighted by Crippen LogP contribution is 2.24. The van der Waals surface area contributed by atoms with Crippen molar-refractivity contribution >= 4 is 11.6 Å². The Morgan fingerprint density at radius 3 is 2.95 bits per heavy atom. The molecule has 0 saturated carbocycles. The van der Waals surface area contributed by atoms with Gasteiger partial charge in [0, 0.05) is 11.6 Å². The monoisotopic (exact) mass is 263 g/mol. The molecule has 0 bridgehead atoms. The zero-order valence-corrected chi connectivity index (χ0v) is 11.3. The first-order valence-electron chi connectivity index (χ1n) is 6.60. The summed E-state index contributed by atoms with van der Waals surface area (Å²) in [7, 11) is 2.14. The molecule has 1 aromatic rings. The van der Waals surface area contributed by atoms with Crippen LogP contribution in [0.2, 0.25) is 0 Å². The molecule has 1 fully saturated rings. The molecular formula is C14H21N3O2. The molecule has 1 aliphatic heterocycles. The van der Waals surface area contributed by atoms with Gasteiger partial charge in [-0.15, -0.1) is 0 Å². The first-order valence-corrected chi connectivity index (χ1v) is 6.60. The maximum Gasteiger partial charge on any atom is 0.248 e. The van der Waals surface area contributed by atoms with Crippen molar-refractivity contribution in [1.82, 2.24) is 4.90 Å². The van der Waals surface area contributed by atoms with E-state index >= 15 is 0 Å². The van der Waals surface area contributed by atoms with E-state index < -0.39 is 5.91 Å². The summed E-state index contributed by atoms with van der Waals surface area (Å²) in [5.74, 6) is 0.0670. The van der Waals surface area contributed by atoms with Crippen molar-refractivity contribution in [2.24, 2.45) is 5.73 Å². The molecule has 1 amide bonds. The average molecular weight is 263 g/mol. The summed E-state index contributed by atoms with van der Waals surface area (Å²) in [5.41, 5.74) is 12.0. The minimum atomic E-state index is -0.472. The molecular weight excluding hydrogens is 242 g/mol. The van der Waals surface area contributed by atoms with Crippen LogP contribution in [0.4, 0.5) is 5.69 Å². The standard InChI is InChI=1S/C14H21N3O2/c1-17-7-2-3-11(17)6-8-19-13-9-10(14(16)18)4-5-12(13)15/h4-5,9,11H,2-3,6-8,15H2,1H3,(H2,16,18). The Labute approximate surface area is 113 Å². The molecule has 0 spiro atoms. The highest BCUT2D eigenvalue weighted by molar-refractivity contribution is 5.93. The molecule has 1 aliphatic rings. The number of primary amides is 1. The smallest absolute Gasteiger partial charge is 0.248 e. The Hall–Kier alpha value is -1.75. The van der Waals surface area contributed by atoms with Crippen LogP contribution in [0.3, 0.4) is 0 Å². The second kappa shape index (κ2) is 5.93. The van der Waals surface area contributed by atoms with Crippen molar-refractivity contribution in [3.63, 3.8) is 0 Å². The van der Waals surface area contributed by atoms with Crippen molar-refractivity contribution in [2.75, 3.05) is 25.9 Å². The molecule has 1 aromatic carbocycles. The molecule has 1 atom stereocenters. The number of rotatable bonds is 5. The number of nitrogen functional groups attached to an aromatic ring is 1. The highest BCUT2D eigenvalue weighted by atomic mass is 16.5. The topological polar surface area (TPSA) is 81.6 Å². The number of anilines is 1. The van der Waals surface area contributed by atoms with Gasteiger partial charge in [-0.1, -0.05) is 0 Å². The van der Waals surface area contributed by atoms with Gasteiger partial charge in [0.05, 0.1) is 12.3 Å². The molecule has 19 heavy (non-hydrogen) atoms. The van der Waals surface area contributed by atoms with Crippen LogP contribution in [0.25, 0.3) is 0 Å². The fraction of sp³-hybridized carbons (Fsp3) is 0.500. The zero-order valence-electron chi connectivity index (χ0n) is 11.3.